The van der Waals surface area contributed by atoms with Crippen LogP contribution in [-0.2, 0) is 4.79 Å². The first kappa shape index (κ1) is 16.4. The second-order valence-electron chi connectivity index (χ2n) is 5.93. The number of carbonyl (C=O) groups excluding carboxylic acids is 1. The predicted octanol–water partition coefficient (Wildman–Crippen LogP) is 1.76. The molecule has 0 spiro atoms. The fourth-order valence-electron chi connectivity index (χ4n) is 2.84. The predicted molar refractivity (Wildman–Crippen MR) is 77.7 cm³/mol. The van der Waals surface area contributed by atoms with Gasteiger partial charge in [0.15, 0.2) is 0 Å². The summed E-state index contributed by atoms with van der Waals surface area (Å²) < 4.78 is 0. The minimum Gasteiger partial charge on any atom is -0.396 e. The fraction of sp³-hybridized carbons (Fsp3) is 0.933. The lowest BCUT2D eigenvalue weighted by molar-refractivity contribution is -0.131. The molecule has 4 nitrogen and oxygen atoms in total. The van der Waals surface area contributed by atoms with Gasteiger partial charge in [-0.2, -0.15) is 0 Å². The smallest absolute Gasteiger partial charge is 0.222 e. The van der Waals surface area contributed by atoms with Crippen molar-refractivity contribution in [2.24, 2.45) is 17.6 Å². The molecule has 0 atom stereocenters. The van der Waals surface area contributed by atoms with Crippen molar-refractivity contribution in [1.29, 1.82) is 0 Å². The van der Waals surface area contributed by atoms with Crippen LogP contribution in [0.5, 0.6) is 0 Å². The van der Waals surface area contributed by atoms with Crippen LogP contribution in [0.3, 0.4) is 0 Å². The zero-order valence-electron chi connectivity index (χ0n) is 12.3. The second kappa shape index (κ2) is 9.32. The monoisotopic (exact) mass is 270 g/mol. The van der Waals surface area contributed by atoms with Crippen molar-refractivity contribution in [2.45, 2.75) is 51.4 Å². The van der Waals surface area contributed by atoms with Gasteiger partial charge in [-0.3, -0.25) is 4.79 Å². The van der Waals surface area contributed by atoms with E-state index >= 15 is 0 Å². The molecule has 112 valence electrons. The number of aliphatic hydroxyl groups excluding tert-OH is 1. The maximum atomic E-state index is 12.1. The van der Waals surface area contributed by atoms with Gasteiger partial charge in [0, 0.05) is 26.6 Å². The van der Waals surface area contributed by atoms with E-state index < -0.39 is 0 Å². The first-order valence-electron chi connectivity index (χ1n) is 7.72. The molecule has 0 heterocycles. The molecular formula is C15H30N2O2. The molecule has 1 saturated carbocycles. The fourth-order valence-corrected chi connectivity index (χ4v) is 2.84. The maximum absolute atomic E-state index is 12.1. The largest absolute Gasteiger partial charge is 0.396 e. The molecule has 0 aliphatic heterocycles. The first-order chi connectivity index (χ1) is 9.17. The van der Waals surface area contributed by atoms with E-state index in [0.29, 0.717) is 18.3 Å². The summed E-state index contributed by atoms with van der Waals surface area (Å²) in [7, 11) is 1.90. The summed E-state index contributed by atoms with van der Waals surface area (Å²) in [4.78, 5) is 13.9. The Morgan fingerprint density at radius 1 is 1.16 bits per heavy atom. The van der Waals surface area contributed by atoms with E-state index in [4.69, 9.17) is 10.8 Å². The van der Waals surface area contributed by atoms with Crippen LogP contribution in [0, 0.1) is 11.8 Å². The Morgan fingerprint density at radius 3 is 2.37 bits per heavy atom. The van der Waals surface area contributed by atoms with Crippen LogP contribution in [-0.4, -0.2) is 42.7 Å². The summed E-state index contributed by atoms with van der Waals surface area (Å²) in [5.41, 5.74) is 5.68. The van der Waals surface area contributed by atoms with Crippen LogP contribution in [0.25, 0.3) is 0 Å². The number of nitrogens with zero attached hydrogens (tertiary/aromatic N) is 1. The van der Waals surface area contributed by atoms with Gasteiger partial charge >= 0.3 is 0 Å². The highest BCUT2D eigenvalue weighted by Gasteiger charge is 2.23. The zero-order chi connectivity index (χ0) is 14.1. The minimum atomic E-state index is 0.252. The van der Waals surface area contributed by atoms with Crippen LogP contribution >= 0.6 is 0 Å². The summed E-state index contributed by atoms with van der Waals surface area (Å²) in [5, 5.41) is 8.71. The number of unbranched alkanes of at least 4 members (excludes halogenated alkanes) is 2. The second-order valence-corrected chi connectivity index (χ2v) is 5.93. The average Bonchev–Trinajstić information content (AvgIpc) is 2.44. The quantitative estimate of drug-likeness (QED) is 0.661. The average molecular weight is 270 g/mol. The van der Waals surface area contributed by atoms with Gasteiger partial charge < -0.3 is 15.7 Å². The van der Waals surface area contributed by atoms with E-state index in [9.17, 15) is 4.79 Å². The molecule has 0 aromatic heterocycles. The Hall–Kier alpha value is -0.610. The topological polar surface area (TPSA) is 66.6 Å². The number of rotatable bonds is 8. The number of aliphatic hydroxyl groups is 1. The third kappa shape index (κ3) is 6.39. The lowest BCUT2D eigenvalue weighted by Crippen LogP contribution is -2.31. The highest BCUT2D eigenvalue weighted by Crippen LogP contribution is 2.30. The Balaban J connectivity index is 2.15. The summed E-state index contributed by atoms with van der Waals surface area (Å²) in [6.07, 6.45) is 8.22. The van der Waals surface area contributed by atoms with E-state index in [1.165, 1.54) is 12.8 Å². The minimum absolute atomic E-state index is 0.252. The molecule has 1 amide bonds. The third-order valence-corrected chi connectivity index (χ3v) is 4.34. The lowest BCUT2D eigenvalue weighted by Gasteiger charge is -2.28. The van der Waals surface area contributed by atoms with Gasteiger partial charge in [-0.05, 0) is 63.3 Å². The molecule has 1 aliphatic rings. The number of carbonyl (C=O) groups is 1. The highest BCUT2D eigenvalue weighted by molar-refractivity contribution is 5.76. The molecule has 3 N–H and O–H groups in total. The van der Waals surface area contributed by atoms with Gasteiger partial charge in [-0.25, -0.2) is 0 Å². The lowest BCUT2D eigenvalue weighted by atomic mass is 9.80. The standard InChI is InChI=1S/C15H30N2O2/c1-17(9-3-2-4-10-18)15(19)11-13-5-7-14(12-16)8-6-13/h13-14,18H,2-12,16H2,1H3. The Morgan fingerprint density at radius 2 is 1.79 bits per heavy atom. The van der Waals surface area contributed by atoms with Gasteiger partial charge in [-0.1, -0.05) is 0 Å². The molecule has 0 unspecified atom stereocenters. The van der Waals surface area contributed by atoms with E-state index in [2.05, 4.69) is 0 Å². The van der Waals surface area contributed by atoms with E-state index in [1.54, 1.807) is 0 Å². The summed E-state index contributed by atoms with van der Waals surface area (Å²) in [5.74, 6) is 1.53. The van der Waals surface area contributed by atoms with Crippen LogP contribution in [0.1, 0.15) is 51.4 Å². The highest BCUT2D eigenvalue weighted by atomic mass is 16.2. The number of hydrogen-bond donors (Lipinski definition) is 2. The summed E-state index contributed by atoms with van der Waals surface area (Å²) in [6, 6.07) is 0. The van der Waals surface area contributed by atoms with E-state index in [1.807, 2.05) is 11.9 Å². The number of amides is 1. The maximum Gasteiger partial charge on any atom is 0.222 e. The van der Waals surface area contributed by atoms with Crippen molar-refractivity contribution in [2.75, 3.05) is 26.7 Å². The zero-order valence-corrected chi connectivity index (χ0v) is 12.3. The van der Waals surface area contributed by atoms with Crippen LogP contribution in [0.2, 0.25) is 0 Å². The molecule has 1 rings (SSSR count). The van der Waals surface area contributed by atoms with Crippen LogP contribution in [0.15, 0.2) is 0 Å². The Kier molecular flexibility index (Phi) is 8.07. The van der Waals surface area contributed by atoms with Gasteiger partial charge in [0.2, 0.25) is 5.91 Å². The van der Waals surface area contributed by atoms with Crippen molar-refractivity contribution in [3.8, 4) is 0 Å². The van der Waals surface area contributed by atoms with Crippen molar-refractivity contribution < 1.29 is 9.90 Å². The third-order valence-electron chi connectivity index (χ3n) is 4.34. The summed E-state index contributed by atoms with van der Waals surface area (Å²) in [6.45, 7) is 1.87. The molecule has 0 bridgehead atoms. The molecule has 1 fully saturated rings. The van der Waals surface area contributed by atoms with Crippen LogP contribution < -0.4 is 5.73 Å². The SMILES string of the molecule is CN(CCCCCO)C(=O)CC1CCC(CN)CC1. The Bertz CT molecular complexity index is 251. The van der Waals surface area contributed by atoms with E-state index in [0.717, 1.165) is 45.2 Å². The van der Waals surface area contributed by atoms with E-state index in [-0.39, 0.29) is 12.5 Å². The number of hydrogen-bond acceptors (Lipinski definition) is 3. The molecule has 0 aromatic rings. The summed E-state index contributed by atoms with van der Waals surface area (Å²) >= 11 is 0. The Labute approximate surface area is 117 Å². The molecule has 1 aliphatic carbocycles. The van der Waals surface area contributed by atoms with Crippen molar-refractivity contribution in [1.82, 2.24) is 4.90 Å². The molecule has 0 radical (unpaired) electrons. The van der Waals surface area contributed by atoms with Crippen molar-refractivity contribution in [3.05, 3.63) is 0 Å². The molecule has 0 saturated heterocycles. The normalized spacial score (nSPS) is 23.3. The van der Waals surface area contributed by atoms with Crippen LogP contribution in [0.4, 0.5) is 0 Å². The molecule has 4 heteroatoms. The first-order valence-corrected chi connectivity index (χ1v) is 7.72. The van der Waals surface area contributed by atoms with Gasteiger partial charge in [0.1, 0.15) is 0 Å². The molecular weight excluding hydrogens is 240 g/mol. The van der Waals surface area contributed by atoms with Crippen molar-refractivity contribution in [3.63, 3.8) is 0 Å². The van der Waals surface area contributed by atoms with Gasteiger partial charge in [0.25, 0.3) is 0 Å². The van der Waals surface area contributed by atoms with Crippen molar-refractivity contribution >= 4 is 5.91 Å². The van der Waals surface area contributed by atoms with Gasteiger partial charge in [-0.15, -0.1) is 0 Å². The number of nitrogens with two attached hydrogens (primary N) is 1. The molecule has 19 heavy (non-hydrogen) atoms. The van der Waals surface area contributed by atoms with Gasteiger partial charge in [0.05, 0.1) is 0 Å². The molecule has 0 aromatic carbocycles.